The normalized spacial score (nSPS) is 11.0. The second-order valence-corrected chi connectivity index (χ2v) is 5.73. The van der Waals surface area contributed by atoms with E-state index in [1.54, 1.807) is 28.7 Å². The van der Waals surface area contributed by atoms with Crippen LogP contribution in [0.4, 0.5) is 0 Å². The van der Waals surface area contributed by atoms with Gasteiger partial charge in [0.1, 0.15) is 5.01 Å². The molecule has 0 saturated heterocycles. The van der Waals surface area contributed by atoms with Crippen LogP contribution in [-0.4, -0.2) is 15.9 Å². The molecule has 0 aliphatic heterocycles. The van der Waals surface area contributed by atoms with Crippen molar-refractivity contribution in [3.05, 3.63) is 38.2 Å². The standard InChI is InChI=1S/C12H13N3OS2/c1-8-6-18-12(14-8)5-13-11(16)4-3-10-7-17-9(2)15-10/h3-4,6-7H,5H2,1-2H3,(H,13,16)/b4-3+. The molecule has 0 aliphatic rings. The lowest BCUT2D eigenvalue weighted by molar-refractivity contribution is -0.116. The summed E-state index contributed by atoms with van der Waals surface area (Å²) in [5.41, 5.74) is 1.80. The van der Waals surface area contributed by atoms with Crippen molar-refractivity contribution >= 4 is 34.7 Å². The van der Waals surface area contributed by atoms with Crippen LogP contribution in [0.1, 0.15) is 21.4 Å². The zero-order valence-electron chi connectivity index (χ0n) is 10.1. The lowest BCUT2D eigenvalue weighted by atomic mass is 10.4. The first kappa shape index (κ1) is 12.9. The fourth-order valence-electron chi connectivity index (χ4n) is 1.32. The molecule has 0 saturated carbocycles. The number of aryl methyl sites for hydroxylation is 2. The van der Waals surface area contributed by atoms with Gasteiger partial charge in [0.2, 0.25) is 5.91 Å². The topological polar surface area (TPSA) is 54.9 Å². The van der Waals surface area contributed by atoms with Crippen LogP contribution in [0.25, 0.3) is 6.08 Å². The minimum atomic E-state index is -0.131. The number of thiazole rings is 2. The molecular formula is C12H13N3OS2. The van der Waals surface area contributed by atoms with Gasteiger partial charge in [-0.3, -0.25) is 4.79 Å². The van der Waals surface area contributed by atoms with Gasteiger partial charge in [0.15, 0.2) is 0 Å². The van der Waals surface area contributed by atoms with Gasteiger partial charge in [0.05, 0.1) is 17.2 Å². The molecule has 2 aromatic rings. The van der Waals surface area contributed by atoms with Crippen molar-refractivity contribution in [3.8, 4) is 0 Å². The number of aromatic nitrogens is 2. The predicted molar refractivity (Wildman–Crippen MR) is 74.6 cm³/mol. The molecule has 1 N–H and O–H groups in total. The number of hydrogen-bond acceptors (Lipinski definition) is 5. The maximum Gasteiger partial charge on any atom is 0.244 e. The first-order valence-electron chi connectivity index (χ1n) is 5.42. The Kier molecular flexibility index (Phi) is 4.22. The first-order chi connectivity index (χ1) is 8.63. The van der Waals surface area contributed by atoms with Crippen molar-refractivity contribution in [1.29, 1.82) is 0 Å². The summed E-state index contributed by atoms with van der Waals surface area (Å²) in [6.45, 7) is 4.34. The molecule has 0 atom stereocenters. The quantitative estimate of drug-likeness (QED) is 0.875. The van der Waals surface area contributed by atoms with E-state index in [-0.39, 0.29) is 5.91 Å². The molecule has 1 amide bonds. The number of amides is 1. The maximum atomic E-state index is 11.6. The smallest absolute Gasteiger partial charge is 0.244 e. The van der Waals surface area contributed by atoms with Gasteiger partial charge in [-0.15, -0.1) is 22.7 Å². The Bertz CT molecular complexity index is 571. The highest BCUT2D eigenvalue weighted by atomic mass is 32.1. The minimum Gasteiger partial charge on any atom is -0.346 e. The Hall–Kier alpha value is -1.53. The van der Waals surface area contributed by atoms with Crippen LogP contribution in [0.15, 0.2) is 16.8 Å². The lowest BCUT2D eigenvalue weighted by Gasteiger charge is -1.97. The van der Waals surface area contributed by atoms with Crippen molar-refractivity contribution in [3.63, 3.8) is 0 Å². The highest BCUT2D eigenvalue weighted by Crippen LogP contribution is 2.09. The summed E-state index contributed by atoms with van der Waals surface area (Å²) in [5.74, 6) is -0.131. The van der Waals surface area contributed by atoms with Gasteiger partial charge < -0.3 is 5.32 Å². The third-order valence-corrected chi connectivity index (χ3v) is 3.88. The highest BCUT2D eigenvalue weighted by Gasteiger charge is 2.01. The number of carbonyl (C=O) groups is 1. The molecule has 0 bridgehead atoms. The van der Waals surface area contributed by atoms with E-state index in [1.165, 1.54) is 6.08 Å². The largest absolute Gasteiger partial charge is 0.346 e. The number of carbonyl (C=O) groups excluding carboxylic acids is 1. The number of hydrogen-bond donors (Lipinski definition) is 1. The minimum absolute atomic E-state index is 0.131. The van der Waals surface area contributed by atoms with Crippen LogP contribution < -0.4 is 5.32 Å². The van der Waals surface area contributed by atoms with Gasteiger partial charge in [-0.2, -0.15) is 0 Å². The molecule has 0 radical (unpaired) electrons. The fourth-order valence-corrected chi connectivity index (χ4v) is 2.62. The molecule has 18 heavy (non-hydrogen) atoms. The van der Waals surface area contributed by atoms with Gasteiger partial charge in [-0.05, 0) is 19.9 Å². The average Bonchev–Trinajstić information content (AvgIpc) is 2.93. The molecular weight excluding hydrogens is 266 g/mol. The maximum absolute atomic E-state index is 11.6. The van der Waals surface area contributed by atoms with E-state index in [9.17, 15) is 4.79 Å². The average molecular weight is 279 g/mol. The highest BCUT2D eigenvalue weighted by molar-refractivity contribution is 7.09. The second-order valence-electron chi connectivity index (χ2n) is 3.73. The second kappa shape index (κ2) is 5.88. The molecule has 4 nitrogen and oxygen atoms in total. The van der Waals surface area contributed by atoms with Crippen LogP contribution in [0, 0.1) is 13.8 Å². The monoisotopic (exact) mass is 279 g/mol. The van der Waals surface area contributed by atoms with Crippen molar-refractivity contribution in [2.24, 2.45) is 0 Å². The molecule has 0 fully saturated rings. The zero-order chi connectivity index (χ0) is 13.0. The van der Waals surface area contributed by atoms with E-state index in [1.807, 2.05) is 24.6 Å². The molecule has 0 aliphatic carbocycles. The van der Waals surface area contributed by atoms with E-state index in [4.69, 9.17) is 0 Å². The van der Waals surface area contributed by atoms with Gasteiger partial charge >= 0.3 is 0 Å². The van der Waals surface area contributed by atoms with Crippen LogP contribution in [0.2, 0.25) is 0 Å². The molecule has 6 heteroatoms. The Balaban J connectivity index is 1.83. The van der Waals surface area contributed by atoms with Crippen molar-refractivity contribution in [2.75, 3.05) is 0 Å². The van der Waals surface area contributed by atoms with E-state index in [2.05, 4.69) is 15.3 Å². The third-order valence-electron chi connectivity index (χ3n) is 2.12. The van der Waals surface area contributed by atoms with Gasteiger partial charge in [-0.1, -0.05) is 0 Å². The zero-order valence-corrected chi connectivity index (χ0v) is 11.8. The molecule has 94 valence electrons. The van der Waals surface area contributed by atoms with Crippen molar-refractivity contribution in [2.45, 2.75) is 20.4 Å². The summed E-state index contributed by atoms with van der Waals surface area (Å²) in [4.78, 5) is 20.1. The Morgan fingerprint density at radius 2 is 2.17 bits per heavy atom. The molecule has 0 unspecified atom stereocenters. The summed E-state index contributed by atoms with van der Waals surface area (Å²) in [7, 11) is 0. The third kappa shape index (κ3) is 3.75. The van der Waals surface area contributed by atoms with E-state index in [0.717, 1.165) is 21.4 Å². The first-order valence-corrected chi connectivity index (χ1v) is 7.18. The van der Waals surface area contributed by atoms with Crippen molar-refractivity contribution in [1.82, 2.24) is 15.3 Å². The van der Waals surface area contributed by atoms with Gasteiger partial charge in [0.25, 0.3) is 0 Å². The van der Waals surface area contributed by atoms with Gasteiger partial charge in [0, 0.05) is 22.5 Å². The van der Waals surface area contributed by atoms with E-state index >= 15 is 0 Å². The molecule has 2 heterocycles. The summed E-state index contributed by atoms with van der Waals surface area (Å²) in [6, 6.07) is 0. The lowest BCUT2D eigenvalue weighted by Crippen LogP contribution is -2.20. The number of nitrogens with zero attached hydrogens (tertiary/aromatic N) is 2. The van der Waals surface area contributed by atoms with Crippen LogP contribution >= 0.6 is 22.7 Å². The Morgan fingerprint density at radius 3 is 2.78 bits per heavy atom. The number of nitrogens with one attached hydrogen (secondary N) is 1. The van der Waals surface area contributed by atoms with Gasteiger partial charge in [-0.25, -0.2) is 9.97 Å². The van der Waals surface area contributed by atoms with E-state index in [0.29, 0.717) is 6.54 Å². The SMILES string of the molecule is Cc1csc(CNC(=O)/C=C/c2csc(C)n2)n1. The molecule has 2 rings (SSSR count). The fraction of sp³-hybridized carbons (Fsp3) is 0.250. The number of rotatable bonds is 4. The predicted octanol–water partition coefficient (Wildman–Crippen LogP) is 2.55. The van der Waals surface area contributed by atoms with Crippen LogP contribution in [0.5, 0.6) is 0 Å². The van der Waals surface area contributed by atoms with Crippen LogP contribution in [-0.2, 0) is 11.3 Å². The van der Waals surface area contributed by atoms with Crippen LogP contribution in [0.3, 0.4) is 0 Å². The molecule has 0 spiro atoms. The summed E-state index contributed by atoms with van der Waals surface area (Å²) >= 11 is 3.12. The molecule has 2 aromatic heterocycles. The summed E-state index contributed by atoms with van der Waals surface area (Å²) < 4.78 is 0. The van der Waals surface area contributed by atoms with Crippen molar-refractivity contribution < 1.29 is 4.79 Å². The Labute approximate surface area is 113 Å². The molecule has 0 aromatic carbocycles. The summed E-state index contributed by atoms with van der Waals surface area (Å²) in [5, 5.41) is 8.58. The van der Waals surface area contributed by atoms with E-state index < -0.39 is 0 Å². The Morgan fingerprint density at radius 1 is 1.33 bits per heavy atom. The summed E-state index contributed by atoms with van der Waals surface area (Å²) in [6.07, 6.45) is 3.21.